The van der Waals surface area contributed by atoms with E-state index in [0.717, 1.165) is 14.9 Å². The fourth-order valence-electron chi connectivity index (χ4n) is 1.35. The lowest BCUT2D eigenvalue weighted by atomic mass is 10.1. The number of rotatable bonds is 3. The van der Waals surface area contributed by atoms with E-state index in [9.17, 15) is 4.79 Å². The van der Waals surface area contributed by atoms with Gasteiger partial charge in [0.1, 0.15) is 0 Å². The lowest BCUT2D eigenvalue weighted by Gasteiger charge is -1.99. The van der Waals surface area contributed by atoms with Gasteiger partial charge in [-0.2, -0.15) is 0 Å². The fraction of sp³-hybridized carbons (Fsp3) is 0.0833. The van der Waals surface area contributed by atoms with E-state index in [2.05, 4.69) is 15.9 Å². The van der Waals surface area contributed by atoms with E-state index < -0.39 is 0 Å². The minimum atomic E-state index is 0.129. The highest BCUT2D eigenvalue weighted by atomic mass is 79.9. The van der Waals surface area contributed by atoms with Gasteiger partial charge in [-0.25, -0.2) is 0 Å². The van der Waals surface area contributed by atoms with Gasteiger partial charge in [-0.1, -0.05) is 23.7 Å². The van der Waals surface area contributed by atoms with E-state index in [-0.39, 0.29) is 5.78 Å². The molecule has 4 heteroatoms. The van der Waals surface area contributed by atoms with Gasteiger partial charge in [-0.05, 0) is 39.7 Å². The van der Waals surface area contributed by atoms with Crippen molar-refractivity contribution in [3.05, 3.63) is 55.6 Å². The molecule has 0 unspecified atom stereocenters. The molecule has 0 atom stereocenters. The van der Waals surface area contributed by atoms with Crippen LogP contribution >= 0.6 is 38.9 Å². The summed E-state index contributed by atoms with van der Waals surface area (Å²) in [7, 11) is 0. The van der Waals surface area contributed by atoms with Crippen molar-refractivity contribution in [2.24, 2.45) is 0 Å². The molecule has 0 amide bonds. The molecule has 1 aromatic heterocycles. The number of halogens is 2. The second-order valence-electron chi connectivity index (χ2n) is 3.37. The summed E-state index contributed by atoms with van der Waals surface area (Å²) in [5.41, 5.74) is 1.74. The second-order valence-corrected chi connectivity index (χ2v) is 6.09. The van der Waals surface area contributed by atoms with Gasteiger partial charge in [0.15, 0.2) is 5.78 Å². The van der Waals surface area contributed by atoms with E-state index in [0.29, 0.717) is 11.4 Å². The van der Waals surface area contributed by atoms with Crippen molar-refractivity contribution in [1.29, 1.82) is 0 Å². The first kappa shape index (κ1) is 11.8. The molecule has 82 valence electrons. The number of thiophene rings is 1. The Morgan fingerprint density at radius 2 is 2.00 bits per heavy atom. The first-order chi connectivity index (χ1) is 7.65. The molecule has 0 aliphatic heterocycles. The molecule has 0 spiro atoms. The lowest BCUT2D eigenvalue weighted by molar-refractivity contribution is 0.0993. The summed E-state index contributed by atoms with van der Waals surface area (Å²) in [5.74, 6) is 0.129. The monoisotopic (exact) mass is 314 g/mol. The standard InChI is InChI=1S/C12H8BrClOS/c13-12-6-9(7-16-12)11(15)5-8-1-3-10(14)4-2-8/h1-4,6-7H,5H2. The van der Waals surface area contributed by atoms with Crippen LogP contribution in [-0.4, -0.2) is 5.78 Å². The zero-order valence-electron chi connectivity index (χ0n) is 8.24. The Bertz CT molecular complexity index is 504. The van der Waals surface area contributed by atoms with Crippen molar-refractivity contribution in [2.75, 3.05) is 0 Å². The van der Waals surface area contributed by atoms with Crippen LogP contribution in [0.15, 0.2) is 39.5 Å². The van der Waals surface area contributed by atoms with Gasteiger partial charge in [-0.3, -0.25) is 4.79 Å². The Labute approximate surface area is 111 Å². The SMILES string of the molecule is O=C(Cc1ccc(Cl)cc1)c1csc(Br)c1. The van der Waals surface area contributed by atoms with Gasteiger partial charge < -0.3 is 0 Å². The van der Waals surface area contributed by atoms with Gasteiger partial charge in [0.25, 0.3) is 0 Å². The number of hydrogen-bond acceptors (Lipinski definition) is 2. The number of carbonyl (C=O) groups excluding carboxylic acids is 1. The molecule has 0 saturated heterocycles. The summed E-state index contributed by atoms with van der Waals surface area (Å²) in [5, 5.41) is 2.55. The molecule has 0 aliphatic rings. The molecule has 0 saturated carbocycles. The third kappa shape index (κ3) is 2.94. The van der Waals surface area contributed by atoms with Crippen LogP contribution in [0.3, 0.4) is 0 Å². The third-order valence-electron chi connectivity index (χ3n) is 2.17. The molecule has 2 aromatic rings. The Balaban J connectivity index is 2.10. The van der Waals surface area contributed by atoms with E-state index in [1.54, 1.807) is 12.1 Å². The molecule has 1 nitrogen and oxygen atoms in total. The maximum absolute atomic E-state index is 11.9. The molecule has 2 rings (SSSR count). The van der Waals surface area contributed by atoms with Crippen LogP contribution in [0.2, 0.25) is 5.02 Å². The van der Waals surface area contributed by atoms with Crippen LogP contribution in [0, 0.1) is 0 Å². The predicted molar refractivity (Wildman–Crippen MR) is 71.5 cm³/mol. The van der Waals surface area contributed by atoms with E-state index >= 15 is 0 Å². The number of ketones is 1. The summed E-state index contributed by atoms with van der Waals surface area (Å²) >= 11 is 10.6. The Hall–Kier alpha value is -0.640. The van der Waals surface area contributed by atoms with Crippen molar-refractivity contribution < 1.29 is 4.79 Å². The first-order valence-corrected chi connectivity index (χ1v) is 6.72. The number of carbonyl (C=O) groups is 1. The van der Waals surface area contributed by atoms with Crippen LogP contribution in [0.5, 0.6) is 0 Å². The smallest absolute Gasteiger partial charge is 0.168 e. The minimum absolute atomic E-state index is 0.129. The highest BCUT2D eigenvalue weighted by Gasteiger charge is 2.08. The maximum Gasteiger partial charge on any atom is 0.168 e. The number of Topliss-reactive ketones (excluding diaryl/α,β-unsaturated/α-hetero) is 1. The second kappa shape index (κ2) is 5.13. The molecule has 0 radical (unpaired) electrons. The lowest BCUT2D eigenvalue weighted by Crippen LogP contribution is -2.01. The molecule has 0 fully saturated rings. The van der Waals surface area contributed by atoms with Crippen molar-refractivity contribution >= 4 is 44.7 Å². The molecule has 0 aliphatic carbocycles. The largest absolute Gasteiger partial charge is 0.294 e. The predicted octanol–water partition coefficient (Wildman–Crippen LogP) is 4.59. The zero-order chi connectivity index (χ0) is 11.5. The van der Waals surface area contributed by atoms with Crippen LogP contribution in [0.4, 0.5) is 0 Å². The molecule has 16 heavy (non-hydrogen) atoms. The van der Waals surface area contributed by atoms with Gasteiger partial charge >= 0.3 is 0 Å². The summed E-state index contributed by atoms with van der Waals surface area (Å²) in [6.45, 7) is 0. The van der Waals surface area contributed by atoms with Gasteiger partial charge in [0.2, 0.25) is 0 Å². The van der Waals surface area contributed by atoms with Crippen LogP contribution in [0.25, 0.3) is 0 Å². The average molecular weight is 316 g/mol. The quantitative estimate of drug-likeness (QED) is 0.757. The zero-order valence-corrected chi connectivity index (χ0v) is 11.4. The van der Waals surface area contributed by atoms with Crippen molar-refractivity contribution in [3.8, 4) is 0 Å². The topological polar surface area (TPSA) is 17.1 Å². The highest BCUT2D eigenvalue weighted by Crippen LogP contribution is 2.22. The Kier molecular flexibility index (Phi) is 3.79. The van der Waals surface area contributed by atoms with Crippen molar-refractivity contribution in [3.63, 3.8) is 0 Å². The summed E-state index contributed by atoms with van der Waals surface area (Å²) < 4.78 is 0.979. The van der Waals surface area contributed by atoms with Crippen LogP contribution in [-0.2, 0) is 6.42 Å². The normalized spacial score (nSPS) is 10.4. The van der Waals surface area contributed by atoms with Gasteiger partial charge in [0, 0.05) is 22.4 Å². The molecule has 0 bridgehead atoms. The van der Waals surface area contributed by atoms with Gasteiger partial charge in [-0.15, -0.1) is 11.3 Å². The molecule has 1 heterocycles. The molecule has 1 aromatic carbocycles. The molecular weight excluding hydrogens is 308 g/mol. The van der Waals surface area contributed by atoms with Crippen LogP contribution < -0.4 is 0 Å². The third-order valence-corrected chi connectivity index (χ3v) is 3.92. The van der Waals surface area contributed by atoms with E-state index in [4.69, 9.17) is 11.6 Å². The maximum atomic E-state index is 11.9. The van der Waals surface area contributed by atoms with Gasteiger partial charge in [0.05, 0.1) is 3.79 Å². The Morgan fingerprint density at radius 3 is 2.56 bits per heavy atom. The highest BCUT2D eigenvalue weighted by molar-refractivity contribution is 9.11. The summed E-state index contributed by atoms with van der Waals surface area (Å²) in [4.78, 5) is 11.9. The average Bonchev–Trinajstić information content (AvgIpc) is 2.68. The summed E-state index contributed by atoms with van der Waals surface area (Å²) in [6, 6.07) is 9.20. The van der Waals surface area contributed by atoms with Crippen molar-refractivity contribution in [2.45, 2.75) is 6.42 Å². The molecular formula is C12H8BrClOS. The minimum Gasteiger partial charge on any atom is -0.294 e. The van der Waals surface area contributed by atoms with E-state index in [1.807, 2.05) is 23.6 Å². The number of benzene rings is 1. The van der Waals surface area contributed by atoms with Crippen molar-refractivity contribution in [1.82, 2.24) is 0 Å². The molecule has 0 N–H and O–H groups in total. The summed E-state index contributed by atoms with van der Waals surface area (Å²) in [6.07, 6.45) is 0.417. The first-order valence-electron chi connectivity index (χ1n) is 4.67. The Morgan fingerprint density at radius 1 is 1.31 bits per heavy atom. The van der Waals surface area contributed by atoms with Crippen LogP contribution in [0.1, 0.15) is 15.9 Å². The van der Waals surface area contributed by atoms with E-state index in [1.165, 1.54) is 11.3 Å². The number of hydrogen-bond donors (Lipinski definition) is 0. The fourth-order valence-corrected chi connectivity index (χ4v) is 2.63.